The molecular formula is C25H25FN6O7. The number of anilines is 1. The number of halogens is 1. The molecule has 3 N–H and O–H groups in total. The molecule has 3 heterocycles. The minimum Gasteiger partial charge on any atom is -0.431 e. The highest BCUT2D eigenvalue weighted by atomic mass is 19.1. The lowest BCUT2D eigenvalue weighted by atomic mass is 9.98. The van der Waals surface area contributed by atoms with E-state index in [1.165, 1.54) is 29.9 Å². The third kappa shape index (κ3) is 6.46. The molecule has 204 valence electrons. The van der Waals surface area contributed by atoms with Crippen LogP contribution in [0.3, 0.4) is 0 Å². The molecule has 1 aliphatic rings. The highest BCUT2D eigenvalue weighted by molar-refractivity contribution is 5.97. The quantitative estimate of drug-likeness (QED) is 0.299. The van der Waals surface area contributed by atoms with Gasteiger partial charge in [-0.15, -0.1) is 0 Å². The normalized spacial score (nSPS) is 19.2. The Bertz CT molecular complexity index is 1410. The number of fused-ring (bicyclic) bond motifs is 1. The van der Waals surface area contributed by atoms with Gasteiger partial charge < -0.3 is 30.0 Å². The Kier molecular flexibility index (Phi) is 8.33. The summed E-state index contributed by atoms with van der Waals surface area (Å²) in [7, 11) is 0. The molecule has 0 aliphatic carbocycles. The molecule has 14 heteroatoms. The van der Waals surface area contributed by atoms with Gasteiger partial charge in [-0.1, -0.05) is 12.1 Å². The van der Waals surface area contributed by atoms with Crippen LogP contribution in [0.25, 0.3) is 5.52 Å². The van der Waals surface area contributed by atoms with Crippen molar-refractivity contribution in [1.29, 1.82) is 5.26 Å². The molecular weight excluding hydrogens is 515 g/mol. The zero-order valence-electron chi connectivity index (χ0n) is 20.8. The minimum atomic E-state index is -1.41. The Morgan fingerprint density at radius 3 is 2.74 bits per heavy atom. The smallest absolute Gasteiger partial charge is 0.431 e. The molecule has 0 spiro atoms. The van der Waals surface area contributed by atoms with Crippen molar-refractivity contribution in [2.24, 2.45) is 5.73 Å². The summed E-state index contributed by atoms with van der Waals surface area (Å²) in [5.74, 6) is -1.33. The second-order valence-corrected chi connectivity index (χ2v) is 8.73. The van der Waals surface area contributed by atoms with Crippen molar-refractivity contribution in [3.05, 3.63) is 59.8 Å². The Balaban J connectivity index is 1.42. The Morgan fingerprint density at radius 2 is 2.03 bits per heavy atom. The molecule has 1 fully saturated rings. The summed E-state index contributed by atoms with van der Waals surface area (Å²) >= 11 is 0. The Hall–Kier alpha value is -4.61. The number of aromatic nitrogens is 3. The average molecular weight is 541 g/mol. The molecule has 1 aliphatic heterocycles. The lowest BCUT2D eigenvalue weighted by Gasteiger charge is -2.21. The number of amides is 1. The first-order valence-corrected chi connectivity index (χ1v) is 11.9. The van der Waals surface area contributed by atoms with Gasteiger partial charge in [0.25, 0.3) is 0 Å². The van der Waals surface area contributed by atoms with E-state index >= 15 is 0 Å². The largest absolute Gasteiger partial charge is 0.511 e. The summed E-state index contributed by atoms with van der Waals surface area (Å²) in [5, 5.41) is 16.9. The van der Waals surface area contributed by atoms with Gasteiger partial charge in [-0.25, -0.2) is 18.7 Å². The molecule has 1 saturated heterocycles. The molecule has 3 atom stereocenters. The third-order valence-corrected chi connectivity index (χ3v) is 6.01. The zero-order valence-corrected chi connectivity index (χ0v) is 20.8. The number of hydrogen-bond donors (Lipinski definition) is 2. The minimum absolute atomic E-state index is 0.178. The molecule has 0 saturated carbocycles. The highest BCUT2D eigenvalue weighted by Crippen LogP contribution is 2.40. The van der Waals surface area contributed by atoms with Crippen molar-refractivity contribution < 1.29 is 37.7 Å². The van der Waals surface area contributed by atoms with Crippen LogP contribution in [-0.4, -0.2) is 58.2 Å². The van der Waals surface area contributed by atoms with E-state index in [9.17, 15) is 24.0 Å². The van der Waals surface area contributed by atoms with Crippen molar-refractivity contribution in [2.45, 2.75) is 43.9 Å². The summed E-state index contributed by atoms with van der Waals surface area (Å²) in [6.45, 7) is 0.405. The van der Waals surface area contributed by atoms with Gasteiger partial charge >= 0.3 is 12.1 Å². The summed E-state index contributed by atoms with van der Waals surface area (Å²) < 4.78 is 34.7. The van der Waals surface area contributed by atoms with Crippen LogP contribution in [0.5, 0.6) is 0 Å². The molecule has 1 amide bonds. The maximum absolute atomic E-state index is 13.1. The monoisotopic (exact) mass is 540 g/mol. The van der Waals surface area contributed by atoms with Crippen LogP contribution in [0.15, 0.2) is 42.7 Å². The second-order valence-electron chi connectivity index (χ2n) is 8.73. The topological polar surface area (TPSA) is 180 Å². The van der Waals surface area contributed by atoms with E-state index in [4.69, 9.17) is 15.2 Å². The number of nitrogens with two attached hydrogens (primary N) is 1. The summed E-state index contributed by atoms with van der Waals surface area (Å²) in [5.41, 5.74) is 6.14. The average Bonchev–Trinajstić information content (AvgIpc) is 3.54. The maximum atomic E-state index is 13.1. The number of hydrogen-bond acceptors (Lipinski definition) is 11. The van der Waals surface area contributed by atoms with Gasteiger partial charge in [-0.3, -0.25) is 9.59 Å². The fourth-order valence-corrected chi connectivity index (χ4v) is 4.09. The van der Waals surface area contributed by atoms with Gasteiger partial charge in [0.2, 0.25) is 12.7 Å². The van der Waals surface area contributed by atoms with E-state index < -0.39 is 42.6 Å². The van der Waals surface area contributed by atoms with Crippen LogP contribution < -0.4 is 11.1 Å². The number of carbonyl (C=O) groups excluding carboxylic acids is 3. The van der Waals surface area contributed by atoms with Crippen molar-refractivity contribution in [1.82, 2.24) is 14.6 Å². The molecule has 3 aromatic rings. The van der Waals surface area contributed by atoms with Crippen molar-refractivity contribution in [2.75, 3.05) is 18.7 Å². The molecule has 39 heavy (non-hydrogen) atoms. The molecule has 0 unspecified atom stereocenters. The molecule has 1 aromatic carbocycles. The lowest BCUT2D eigenvalue weighted by molar-refractivity contribution is -0.151. The van der Waals surface area contributed by atoms with Gasteiger partial charge in [-0.2, -0.15) is 10.4 Å². The van der Waals surface area contributed by atoms with Crippen LogP contribution in [-0.2, 0) is 40.6 Å². The van der Waals surface area contributed by atoms with Crippen molar-refractivity contribution >= 4 is 29.4 Å². The second kappa shape index (κ2) is 11.8. The number of nitriles is 1. The number of nitrogens with zero attached hydrogens (tertiary/aromatic N) is 4. The molecule has 2 aromatic heterocycles. The van der Waals surface area contributed by atoms with Gasteiger partial charge in [0.15, 0.2) is 11.4 Å². The standard InChI is InChI=1S/C25H25FN6O7/c1-15(33)37-14-38-24(35)36-11-18-8-9-25(12-27,39-18)21-7-6-20-22(29-13-30-32(20)21)31-23(34)19(28)10-16-2-4-17(26)5-3-16/h2-7,13,18-19H,8-11,14,28H2,1H3,(H,29,30,31,34)/t18-,19-,25-/m0/s1. The third-order valence-electron chi connectivity index (χ3n) is 6.01. The molecule has 13 nitrogen and oxygen atoms in total. The first-order valence-electron chi connectivity index (χ1n) is 11.9. The Morgan fingerprint density at radius 1 is 1.26 bits per heavy atom. The highest BCUT2D eigenvalue weighted by Gasteiger charge is 2.45. The van der Waals surface area contributed by atoms with Crippen molar-refractivity contribution in [3.8, 4) is 6.07 Å². The van der Waals surface area contributed by atoms with Crippen LogP contribution in [0.1, 0.15) is 31.0 Å². The number of nitrogens with one attached hydrogen (secondary N) is 1. The van der Waals surface area contributed by atoms with E-state index in [0.717, 1.165) is 0 Å². The summed E-state index contributed by atoms with van der Waals surface area (Å²) in [4.78, 5) is 39.3. The lowest BCUT2D eigenvalue weighted by Crippen LogP contribution is -2.37. The van der Waals surface area contributed by atoms with E-state index in [0.29, 0.717) is 23.2 Å². The van der Waals surface area contributed by atoms with Gasteiger partial charge in [0.05, 0.1) is 17.8 Å². The van der Waals surface area contributed by atoms with Gasteiger partial charge in [-0.05, 0) is 49.1 Å². The first kappa shape index (κ1) is 27.4. The van der Waals surface area contributed by atoms with Gasteiger partial charge in [0.1, 0.15) is 30.3 Å². The van der Waals surface area contributed by atoms with Crippen LogP contribution >= 0.6 is 0 Å². The number of benzene rings is 1. The zero-order chi connectivity index (χ0) is 28.0. The predicted octanol–water partition coefficient (Wildman–Crippen LogP) is 1.95. The van der Waals surface area contributed by atoms with E-state index in [-0.39, 0.29) is 31.1 Å². The SMILES string of the molecule is CC(=O)OCOC(=O)OC[C@@H]1CC[C@](C#N)(c2ccc3c(NC(=O)[C@@H](N)Cc4ccc(F)cc4)ncnn23)O1. The fraction of sp³-hybridized carbons (Fsp3) is 0.360. The molecule has 4 rings (SSSR count). The van der Waals surface area contributed by atoms with E-state index in [1.807, 2.05) is 0 Å². The number of esters is 1. The van der Waals surface area contributed by atoms with Crippen LogP contribution in [0.2, 0.25) is 0 Å². The molecule has 0 bridgehead atoms. The first-order chi connectivity index (χ1) is 18.7. The van der Waals surface area contributed by atoms with Crippen LogP contribution in [0.4, 0.5) is 15.0 Å². The number of ether oxygens (including phenoxy) is 4. The van der Waals surface area contributed by atoms with E-state index in [1.54, 1.807) is 24.3 Å². The van der Waals surface area contributed by atoms with Crippen LogP contribution in [0, 0.1) is 17.1 Å². The summed E-state index contributed by atoms with van der Waals surface area (Å²) in [6.07, 6.45) is 0.421. The molecule has 0 radical (unpaired) electrons. The Labute approximate surface area is 221 Å². The van der Waals surface area contributed by atoms with Crippen molar-refractivity contribution in [3.63, 3.8) is 0 Å². The number of rotatable bonds is 9. The van der Waals surface area contributed by atoms with Gasteiger partial charge in [0, 0.05) is 6.92 Å². The van der Waals surface area contributed by atoms with E-state index in [2.05, 4.69) is 30.9 Å². The summed E-state index contributed by atoms with van der Waals surface area (Å²) in [6, 6.07) is 10.2. The maximum Gasteiger partial charge on any atom is 0.511 e. The number of carbonyl (C=O) groups is 3. The fourth-order valence-electron chi connectivity index (χ4n) is 4.09. The predicted molar refractivity (Wildman–Crippen MR) is 130 cm³/mol.